The summed E-state index contributed by atoms with van der Waals surface area (Å²) in [5, 5.41) is 13.4. The number of aryl methyl sites for hydroxylation is 2. The molecule has 2 aromatic heterocycles. The second-order valence-electron chi connectivity index (χ2n) is 6.45. The van der Waals surface area contributed by atoms with Crippen LogP contribution in [0.2, 0.25) is 0 Å². The Morgan fingerprint density at radius 2 is 1.65 bits per heavy atom. The number of nitrogens with one attached hydrogen (secondary N) is 2. The fourth-order valence-electron chi connectivity index (χ4n) is 2.80. The number of benzene rings is 1. The molecule has 0 bridgehead atoms. The summed E-state index contributed by atoms with van der Waals surface area (Å²) in [6.45, 7) is -1.24. The van der Waals surface area contributed by atoms with Crippen molar-refractivity contribution in [2.45, 2.75) is 13.5 Å². The molecule has 0 atom stereocenters. The van der Waals surface area contributed by atoms with Crippen LogP contribution in [0.25, 0.3) is 0 Å². The smallest absolute Gasteiger partial charge is 0.387 e. The molecule has 1 aromatic carbocycles. The van der Waals surface area contributed by atoms with Gasteiger partial charge in [-0.15, -0.1) is 0 Å². The van der Waals surface area contributed by atoms with E-state index in [4.69, 9.17) is 4.74 Å². The highest BCUT2D eigenvalue weighted by Gasteiger charge is 2.21. The molecule has 2 heterocycles. The average molecular weight is 434 g/mol. The molecule has 2 amide bonds. The topological polar surface area (TPSA) is 112 Å². The first kappa shape index (κ1) is 21.7. The van der Waals surface area contributed by atoms with Gasteiger partial charge in [0.05, 0.1) is 36.6 Å². The maximum atomic E-state index is 12.8. The highest BCUT2D eigenvalue weighted by Crippen LogP contribution is 2.30. The van der Waals surface area contributed by atoms with Gasteiger partial charge >= 0.3 is 6.61 Å². The number of rotatable bonds is 7. The van der Waals surface area contributed by atoms with Crippen LogP contribution < -0.4 is 20.1 Å². The van der Waals surface area contributed by atoms with E-state index in [0.29, 0.717) is 5.69 Å². The molecule has 3 rings (SSSR count). The molecule has 0 radical (unpaired) electrons. The van der Waals surface area contributed by atoms with Gasteiger partial charge in [-0.25, -0.2) is 0 Å². The fourth-order valence-corrected chi connectivity index (χ4v) is 2.80. The van der Waals surface area contributed by atoms with Crippen molar-refractivity contribution in [3.63, 3.8) is 0 Å². The number of nitrogens with zero attached hydrogens (tertiary/aromatic N) is 4. The number of alkyl halides is 2. The molecule has 0 aliphatic rings. The van der Waals surface area contributed by atoms with Gasteiger partial charge in [0.25, 0.3) is 11.8 Å². The lowest BCUT2D eigenvalue weighted by molar-refractivity contribution is -0.0512. The van der Waals surface area contributed by atoms with Crippen molar-refractivity contribution >= 4 is 23.2 Å². The van der Waals surface area contributed by atoms with Gasteiger partial charge in [0, 0.05) is 19.7 Å². The van der Waals surface area contributed by atoms with Crippen LogP contribution in [0, 0.1) is 6.92 Å². The van der Waals surface area contributed by atoms with E-state index in [0.717, 1.165) is 5.69 Å². The molecule has 0 saturated carbocycles. The zero-order chi connectivity index (χ0) is 22.7. The summed E-state index contributed by atoms with van der Waals surface area (Å²) in [6.07, 6.45) is 2.84. The van der Waals surface area contributed by atoms with Crippen molar-refractivity contribution < 1.29 is 27.8 Å². The Kier molecular flexibility index (Phi) is 6.18. The number of hydrogen-bond acceptors (Lipinski definition) is 6. The molecule has 0 unspecified atom stereocenters. The largest absolute Gasteiger partial charge is 0.493 e. The van der Waals surface area contributed by atoms with E-state index in [9.17, 15) is 18.4 Å². The van der Waals surface area contributed by atoms with E-state index < -0.39 is 18.4 Å². The first-order valence-corrected chi connectivity index (χ1v) is 8.97. The summed E-state index contributed by atoms with van der Waals surface area (Å²) >= 11 is 0. The number of methoxy groups -OCH3 is 1. The summed E-state index contributed by atoms with van der Waals surface area (Å²) in [4.78, 5) is 25.5. The van der Waals surface area contributed by atoms with Gasteiger partial charge in [0.15, 0.2) is 11.5 Å². The van der Waals surface area contributed by atoms with Crippen molar-refractivity contribution in [3.8, 4) is 11.5 Å². The molecule has 2 N–H and O–H groups in total. The molecule has 3 aromatic rings. The van der Waals surface area contributed by atoms with E-state index >= 15 is 0 Å². The number of anilines is 2. The Hall–Kier alpha value is -3.96. The first-order valence-electron chi connectivity index (χ1n) is 8.97. The summed E-state index contributed by atoms with van der Waals surface area (Å²) in [7, 11) is 4.56. The van der Waals surface area contributed by atoms with Crippen LogP contribution in [0.15, 0.2) is 30.6 Å². The van der Waals surface area contributed by atoms with Crippen LogP contribution in [0.4, 0.5) is 20.2 Å². The van der Waals surface area contributed by atoms with Crippen LogP contribution in [-0.4, -0.2) is 45.1 Å². The van der Waals surface area contributed by atoms with Gasteiger partial charge < -0.3 is 20.1 Å². The quantitative estimate of drug-likeness (QED) is 0.591. The number of hydrogen-bond donors (Lipinski definition) is 2. The molecule has 164 valence electrons. The highest BCUT2D eigenvalue weighted by atomic mass is 19.3. The van der Waals surface area contributed by atoms with Crippen molar-refractivity contribution in [3.05, 3.63) is 47.5 Å². The van der Waals surface area contributed by atoms with Crippen LogP contribution in [0.3, 0.4) is 0 Å². The van der Waals surface area contributed by atoms with Crippen LogP contribution in [0.1, 0.15) is 26.5 Å². The van der Waals surface area contributed by atoms with Gasteiger partial charge in [-0.3, -0.25) is 19.0 Å². The Labute approximate surface area is 175 Å². The second kappa shape index (κ2) is 8.81. The standard InChI is InChI=1S/C19H20F2N6O4/c1-10-12(8-22-26(10)2)24-18(29)16-13(9-23-27(16)3)25-17(28)11-5-6-14(31-19(20)21)15(7-11)30-4/h5-9,19H,1-4H3,(H,24,29)(H,25,28). The Bertz CT molecular complexity index is 1120. The lowest BCUT2D eigenvalue weighted by atomic mass is 10.2. The number of ether oxygens (including phenoxy) is 2. The minimum atomic E-state index is -3.03. The third kappa shape index (κ3) is 4.63. The molecule has 12 heteroatoms. The lowest BCUT2D eigenvalue weighted by Gasteiger charge is -2.12. The van der Waals surface area contributed by atoms with Gasteiger partial charge in [0.1, 0.15) is 5.69 Å². The van der Waals surface area contributed by atoms with Crippen molar-refractivity contribution in [2.24, 2.45) is 14.1 Å². The van der Waals surface area contributed by atoms with E-state index in [1.54, 1.807) is 25.7 Å². The molecular formula is C19H20F2N6O4. The average Bonchev–Trinajstić information content (AvgIpc) is 3.24. The number of amides is 2. The van der Waals surface area contributed by atoms with Crippen molar-refractivity contribution in [1.82, 2.24) is 19.6 Å². The normalized spacial score (nSPS) is 10.8. The molecule has 31 heavy (non-hydrogen) atoms. The van der Waals surface area contributed by atoms with E-state index in [1.807, 2.05) is 0 Å². The SMILES string of the molecule is COc1cc(C(=O)Nc2cnn(C)c2C(=O)Nc2cnn(C)c2C)ccc1OC(F)F. The molecule has 0 saturated heterocycles. The molecule has 0 aliphatic carbocycles. The fraction of sp³-hybridized carbons (Fsp3) is 0.263. The minimum absolute atomic E-state index is 0.0378. The summed E-state index contributed by atoms with van der Waals surface area (Å²) in [5.41, 5.74) is 1.65. The van der Waals surface area contributed by atoms with Gasteiger partial charge in [-0.2, -0.15) is 19.0 Å². The van der Waals surface area contributed by atoms with Crippen LogP contribution in [-0.2, 0) is 14.1 Å². The first-order chi connectivity index (χ1) is 14.7. The maximum Gasteiger partial charge on any atom is 0.387 e. The van der Waals surface area contributed by atoms with Gasteiger partial charge in [-0.1, -0.05) is 0 Å². The monoisotopic (exact) mass is 434 g/mol. The van der Waals surface area contributed by atoms with Crippen molar-refractivity contribution in [2.75, 3.05) is 17.7 Å². The van der Waals surface area contributed by atoms with E-state index in [-0.39, 0.29) is 28.4 Å². The molecular weight excluding hydrogens is 414 g/mol. The zero-order valence-electron chi connectivity index (χ0n) is 17.1. The molecule has 0 spiro atoms. The van der Waals surface area contributed by atoms with E-state index in [2.05, 4.69) is 25.6 Å². The van der Waals surface area contributed by atoms with E-state index in [1.165, 1.54) is 42.4 Å². The Balaban J connectivity index is 1.81. The van der Waals surface area contributed by atoms with Crippen LogP contribution in [0.5, 0.6) is 11.5 Å². The Morgan fingerprint density at radius 3 is 2.26 bits per heavy atom. The molecule has 0 fully saturated rings. The minimum Gasteiger partial charge on any atom is -0.493 e. The number of carbonyl (C=O) groups is 2. The summed E-state index contributed by atoms with van der Waals surface area (Å²) in [6, 6.07) is 3.74. The third-order valence-corrected chi connectivity index (χ3v) is 4.53. The number of aromatic nitrogens is 4. The van der Waals surface area contributed by atoms with Gasteiger partial charge in [-0.05, 0) is 25.1 Å². The third-order valence-electron chi connectivity index (χ3n) is 4.53. The molecule has 0 aliphatic heterocycles. The molecule has 10 nitrogen and oxygen atoms in total. The predicted molar refractivity (Wildman–Crippen MR) is 107 cm³/mol. The predicted octanol–water partition coefficient (Wildman–Crippen LogP) is 2.58. The summed E-state index contributed by atoms with van der Waals surface area (Å²) < 4.78 is 37.2. The van der Waals surface area contributed by atoms with Crippen LogP contribution >= 0.6 is 0 Å². The lowest BCUT2D eigenvalue weighted by Crippen LogP contribution is -2.20. The number of carbonyl (C=O) groups excluding carboxylic acids is 2. The Morgan fingerprint density at radius 1 is 1.00 bits per heavy atom. The number of halogens is 2. The second-order valence-corrected chi connectivity index (χ2v) is 6.45. The van der Waals surface area contributed by atoms with Crippen molar-refractivity contribution in [1.29, 1.82) is 0 Å². The highest BCUT2D eigenvalue weighted by molar-refractivity contribution is 6.11. The summed E-state index contributed by atoms with van der Waals surface area (Å²) in [5.74, 6) is -1.34. The maximum absolute atomic E-state index is 12.8. The van der Waals surface area contributed by atoms with Gasteiger partial charge in [0.2, 0.25) is 0 Å². The zero-order valence-corrected chi connectivity index (χ0v) is 17.1.